The Labute approximate surface area is 176 Å². The van der Waals surface area contributed by atoms with E-state index in [1.165, 1.54) is 23.4 Å². The first-order valence-electron chi connectivity index (χ1n) is 9.98. The third kappa shape index (κ3) is 3.94. The lowest BCUT2D eigenvalue weighted by molar-refractivity contribution is 0.0698. The Balaban J connectivity index is 1.48. The molecule has 30 heavy (non-hydrogen) atoms. The number of fused-ring (bicyclic) bond motifs is 1. The second-order valence-corrected chi connectivity index (χ2v) is 7.48. The van der Waals surface area contributed by atoms with E-state index in [1.807, 2.05) is 24.3 Å². The number of nitrogens with one attached hydrogen (secondary N) is 1. The summed E-state index contributed by atoms with van der Waals surface area (Å²) in [4.78, 5) is 17.6. The van der Waals surface area contributed by atoms with Crippen molar-refractivity contribution < 1.29 is 14.6 Å². The zero-order valence-corrected chi connectivity index (χ0v) is 17.1. The minimum atomic E-state index is -0.946. The van der Waals surface area contributed by atoms with Gasteiger partial charge in [0.05, 0.1) is 24.6 Å². The average molecular weight is 403 g/mol. The molecule has 2 aromatic carbocycles. The number of carboxylic acid groups (broad SMARTS) is 1. The van der Waals surface area contributed by atoms with E-state index in [-0.39, 0.29) is 5.56 Å². The molecule has 1 atom stereocenters. The second-order valence-electron chi connectivity index (χ2n) is 7.48. The number of hydrogen-bond donors (Lipinski definition) is 2. The van der Waals surface area contributed by atoms with E-state index in [1.54, 1.807) is 13.3 Å². The van der Waals surface area contributed by atoms with Crippen LogP contribution in [-0.4, -0.2) is 36.8 Å². The van der Waals surface area contributed by atoms with Crippen molar-refractivity contribution in [2.75, 3.05) is 30.9 Å². The highest BCUT2D eigenvalue weighted by Gasteiger charge is 2.23. The molecule has 1 aliphatic rings. The van der Waals surface area contributed by atoms with Gasteiger partial charge in [-0.3, -0.25) is 4.98 Å². The summed E-state index contributed by atoms with van der Waals surface area (Å²) < 4.78 is 5.24. The Bertz CT molecular complexity index is 1050. The molecule has 6 heteroatoms. The number of pyridine rings is 1. The predicted octanol–water partition coefficient (Wildman–Crippen LogP) is 4.70. The molecular weight excluding hydrogens is 378 g/mol. The van der Waals surface area contributed by atoms with Gasteiger partial charge in [0, 0.05) is 37.1 Å². The summed E-state index contributed by atoms with van der Waals surface area (Å²) in [7, 11) is 3.73. The van der Waals surface area contributed by atoms with E-state index in [0.29, 0.717) is 18.2 Å². The van der Waals surface area contributed by atoms with Gasteiger partial charge in [-0.25, -0.2) is 4.79 Å². The lowest BCUT2D eigenvalue weighted by Gasteiger charge is -2.21. The van der Waals surface area contributed by atoms with Crippen LogP contribution >= 0.6 is 0 Å². The van der Waals surface area contributed by atoms with E-state index < -0.39 is 5.97 Å². The summed E-state index contributed by atoms with van der Waals surface area (Å²) in [6, 6.07) is 16.1. The number of aryl methyl sites for hydroxylation is 1. The summed E-state index contributed by atoms with van der Waals surface area (Å²) in [5, 5.41) is 12.6. The van der Waals surface area contributed by atoms with Crippen LogP contribution in [0.1, 0.15) is 33.8 Å². The van der Waals surface area contributed by atoms with Crippen molar-refractivity contribution >= 4 is 23.0 Å². The fourth-order valence-electron chi connectivity index (χ4n) is 4.02. The maximum absolute atomic E-state index is 11.4. The molecule has 1 heterocycles. The number of nitrogens with zero attached hydrogens (tertiary/aromatic N) is 2. The van der Waals surface area contributed by atoms with Crippen molar-refractivity contribution in [3.05, 3.63) is 77.6 Å². The van der Waals surface area contributed by atoms with Gasteiger partial charge in [0.1, 0.15) is 5.75 Å². The smallest absolute Gasteiger partial charge is 0.337 e. The predicted molar refractivity (Wildman–Crippen MR) is 118 cm³/mol. The minimum Gasteiger partial charge on any atom is -0.497 e. The molecule has 1 aliphatic carbocycles. The van der Waals surface area contributed by atoms with Gasteiger partial charge in [0.25, 0.3) is 0 Å². The molecule has 3 aromatic rings. The molecule has 2 N–H and O–H groups in total. The van der Waals surface area contributed by atoms with Gasteiger partial charge >= 0.3 is 5.97 Å². The summed E-state index contributed by atoms with van der Waals surface area (Å²) in [5.74, 6) is 0.247. The largest absolute Gasteiger partial charge is 0.497 e. The van der Waals surface area contributed by atoms with E-state index in [0.717, 1.165) is 30.0 Å². The SMILES string of the molecule is COc1ccc(N(C)c2ccc3c(c2)CC[C@H]3CNc2cnccc2C(=O)O)cc1. The van der Waals surface area contributed by atoms with Crippen LogP contribution in [0.15, 0.2) is 60.9 Å². The Morgan fingerprint density at radius 1 is 1.20 bits per heavy atom. The van der Waals surface area contributed by atoms with Gasteiger partial charge in [-0.1, -0.05) is 6.07 Å². The molecule has 0 radical (unpaired) electrons. The maximum atomic E-state index is 11.4. The lowest BCUT2D eigenvalue weighted by Crippen LogP contribution is -2.13. The number of aromatic nitrogens is 1. The Morgan fingerprint density at radius 3 is 2.70 bits per heavy atom. The molecule has 0 unspecified atom stereocenters. The fourth-order valence-corrected chi connectivity index (χ4v) is 4.02. The second kappa shape index (κ2) is 8.45. The van der Waals surface area contributed by atoms with Crippen molar-refractivity contribution in [3.63, 3.8) is 0 Å². The highest BCUT2D eigenvalue weighted by atomic mass is 16.5. The number of carboxylic acids is 1. The summed E-state index contributed by atoms with van der Waals surface area (Å²) in [5.41, 5.74) is 5.74. The van der Waals surface area contributed by atoms with Crippen LogP contribution in [0.5, 0.6) is 5.75 Å². The van der Waals surface area contributed by atoms with Crippen LogP contribution in [0.2, 0.25) is 0 Å². The normalized spacial score (nSPS) is 14.8. The third-order valence-corrected chi connectivity index (χ3v) is 5.77. The number of rotatable bonds is 7. The molecule has 4 rings (SSSR count). The molecule has 1 aromatic heterocycles. The van der Waals surface area contributed by atoms with Crippen molar-refractivity contribution in [1.29, 1.82) is 0 Å². The third-order valence-electron chi connectivity index (χ3n) is 5.77. The zero-order valence-electron chi connectivity index (χ0n) is 17.1. The fraction of sp³-hybridized carbons (Fsp3) is 0.250. The zero-order chi connectivity index (χ0) is 21.1. The van der Waals surface area contributed by atoms with Crippen LogP contribution in [0.4, 0.5) is 17.1 Å². The highest BCUT2D eigenvalue weighted by molar-refractivity contribution is 5.93. The number of ether oxygens (including phenoxy) is 1. The van der Waals surface area contributed by atoms with Gasteiger partial charge in [0.15, 0.2) is 0 Å². The van der Waals surface area contributed by atoms with Crippen LogP contribution in [0.25, 0.3) is 0 Å². The molecule has 0 saturated carbocycles. The van der Waals surface area contributed by atoms with Gasteiger partial charge in [0.2, 0.25) is 0 Å². The topological polar surface area (TPSA) is 74.7 Å². The molecule has 0 aliphatic heterocycles. The monoisotopic (exact) mass is 403 g/mol. The van der Waals surface area contributed by atoms with E-state index in [4.69, 9.17) is 4.74 Å². The van der Waals surface area contributed by atoms with Crippen LogP contribution < -0.4 is 15.0 Å². The molecule has 0 saturated heterocycles. The van der Waals surface area contributed by atoms with E-state index >= 15 is 0 Å². The number of methoxy groups -OCH3 is 1. The van der Waals surface area contributed by atoms with E-state index in [9.17, 15) is 9.90 Å². The molecule has 154 valence electrons. The summed E-state index contributed by atoms with van der Waals surface area (Å²) in [6.07, 6.45) is 5.14. The van der Waals surface area contributed by atoms with Crippen LogP contribution in [-0.2, 0) is 6.42 Å². The first kappa shape index (κ1) is 19.8. The molecule has 0 spiro atoms. The Hall–Kier alpha value is -3.54. The summed E-state index contributed by atoms with van der Waals surface area (Å²) in [6.45, 7) is 0.687. The molecular formula is C24H25N3O3. The van der Waals surface area contributed by atoms with Gasteiger partial charge in [-0.05, 0) is 66.4 Å². The molecule has 6 nitrogen and oxygen atoms in total. The van der Waals surface area contributed by atoms with Crippen LogP contribution in [0, 0.1) is 0 Å². The number of hydrogen-bond acceptors (Lipinski definition) is 5. The minimum absolute atomic E-state index is 0.250. The van der Waals surface area contributed by atoms with Gasteiger partial charge < -0.3 is 20.1 Å². The van der Waals surface area contributed by atoms with Gasteiger partial charge in [-0.2, -0.15) is 0 Å². The van der Waals surface area contributed by atoms with Crippen molar-refractivity contribution in [2.24, 2.45) is 0 Å². The van der Waals surface area contributed by atoms with Crippen molar-refractivity contribution in [2.45, 2.75) is 18.8 Å². The highest BCUT2D eigenvalue weighted by Crippen LogP contribution is 2.37. The number of anilines is 3. The Kier molecular flexibility index (Phi) is 5.57. The molecule has 0 fully saturated rings. The van der Waals surface area contributed by atoms with Gasteiger partial charge in [-0.15, -0.1) is 0 Å². The average Bonchev–Trinajstić information content (AvgIpc) is 3.19. The lowest BCUT2D eigenvalue weighted by atomic mass is 10.0. The molecule has 0 amide bonds. The molecule has 0 bridgehead atoms. The summed E-state index contributed by atoms with van der Waals surface area (Å²) >= 11 is 0. The number of carbonyl (C=O) groups is 1. The standard InChI is InChI=1S/C24H25N3O3/c1-27(18-5-8-20(30-2)9-6-18)19-7-10-21-16(13-19)3-4-17(21)14-26-23-15-25-12-11-22(23)24(28)29/h5-13,15,17,26H,3-4,14H2,1-2H3,(H,28,29)/t17-/m0/s1. The van der Waals surface area contributed by atoms with Crippen molar-refractivity contribution in [3.8, 4) is 5.75 Å². The quantitative estimate of drug-likeness (QED) is 0.596. The number of aromatic carboxylic acids is 1. The Morgan fingerprint density at radius 2 is 1.97 bits per heavy atom. The van der Waals surface area contributed by atoms with Crippen molar-refractivity contribution in [1.82, 2.24) is 4.98 Å². The first-order valence-corrected chi connectivity index (χ1v) is 9.98. The first-order chi connectivity index (χ1) is 14.6. The van der Waals surface area contributed by atoms with E-state index in [2.05, 4.69) is 40.4 Å². The maximum Gasteiger partial charge on any atom is 0.337 e. The van der Waals surface area contributed by atoms with Crippen LogP contribution in [0.3, 0.4) is 0 Å². The number of benzene rings is 2.